The summed E-state index contributed by atoms with van der Waals surface area (Å²) in [7, 11) is 0. The van der Waals surface area contributed by atoms with Gasteiger partial charge in [0.2, 0.25) is 0 Å². The Labute approximate surface area is 343 Å². The zero-order valence-corrected chi connectivity index (χ0v) is 32.2. The molecule has 3 aromatic heterocycles. The quantitative estimate of drug-likeness (QED) is 0.179. The van der Waals surface area contributed by atoms with E-state index in [1.807, 2.05) is 0 Å². The van der Waals surface area contributed by atoms with Crippen LogP contribution in [0, 0.1) is 0 Å². The normalized spacial score (nSPS) is 12.0. The summed E-state index contributed by atoms with van der Waals surface area (Å²) < 4.78 is 9.31. The number of hydrogen-bond acceptors (Lipinski definition) is 4. The standard InChI is InChI=1S/C55H32N4O/c1-3-13-35-27-39(23-21-33(35)11-1)53-56-54(40-24-22-34-12-2-4-14-36(34)28-40)58-55(57-53)41-25-26-45-50(31-41)60-51-32-49(42-17-7-8-19-44(42)52(45)51)59-47-20-10-9-18-43(47)46-29-37-15-5-6-16-38(37)30-48(46)59/h1-32H. The fourth-order valence-corrected chi connectivity index (χ4v) is 9.28. The van der Waals surface area contributed by atoms with Gasteiger partial charge in [0, 0.05) is 49.7 Å². The summed E-state index contributed by atoms with van der Waals surface area (Å²) in [6, 6.07) is 68.7. The monoisotopic (exact) mass is 764 g/mol. The minimum Gasteiger partial charge on any atom is -0.456 e. The smallest absolute Gasteiger partial charge is 0.164 e. The summed E-state index contributed by atoms with van der Waals surface area (Å²) in [5, 5.41) is 13.9. The highest BCUT2D eigenvalue weighted by atomic mass is 16.3. The van der Waals surface area contributed by atoms with E-state index >= 15 is 0 Å². The number of furan rings is 1. The van der Waals surface area contributed by atoms with Gasteiger partial charge in [-0.05, 0) is 80.2 Å². The van der Waals surface area contributed by atoms with Crippen LogP contribution in [0.3, 0.4) is 0 Å². The van der Waals surface area contributed by atoms with Crippen LogP contribution < -0.4 is 0 Å². The third-order valence-corrected chi connectivity index (χ3v) is 12.1. The van der Waals surface area contributed by atoms with Gasteiger partial charge in [0.15, 0.2) is 17.5 Å². The zero-order chi connectivity index (χ0) is 39.3. The van der Waals surface area contributed by atoms with Crippen molar-refractivity contribution >= 4 is 86.8 Å². The van der Waals surface area contributed by atoms with Crippen LogP contribution in [0.15, 0.2) is 199 Å². The minimum absolute atomic E-state index is 0.585. The maximum absolute atomic E-state index is 6.90. The number of fused-ring (bicyclic) bond motifs is 11. The maximum Gasteiger partial charge on any atom is 0.164 e. The Bertz CT molecular complexity index is 3820. The second-order valence-corrected chi connectivity index (χ2v) is 15.6. The summed E-state index contributed by atoms with van der Waals surface area (Å²) in [5.41, 5.74) is 7.72. The van der Waals surface area contributed by atoms with Gasteiger partial charge in [0.25, 0.3) is 0 Å². The van der Waals surface area contributed by atoms with Crippen LogP contribution in [-0.2, 0) is 0 Å². The summed E-state index contributed by atoms with van der Waals surface area (Å²) in [6.45, 7) is 0. The maximum atomic E-state index is 6.90. The zero-order valence-electron chi connectivity index (χ0n) is 32.2. The fourth-order valence-electron chi connectivity index (χ4n) is 9.28. The molecular weight excluding hydrogens is 733 g/mol. The van der Waals surface area contributed by atoms with Gasteiger partial charge >= 0.3 is 0 Å². The molecule has 0 fully saturated rings. The van der Waals surface area contributed by atoms with Gasteiger partial charge in [-0.25, -0.2) is 15.0 Å². The lowest BCUT2D eigenvalue weighted by Crippen LogP contribution is -2.00. The summed E-state index contributed by atoms with van der Waals surface area (Å²) in [5.74, 6) is 1.82. The highest BCUT2D eigenvalue weighted by Gasteiger charge is 2.21. The predicted molar refractivity (Wildman–Crippen MR) is 248 cm³/mol. The van der Waals surface area contributed by atoms with E-state index in [-0.39, 0.29) is 0 Å². The lowest BCUT2D eigenvalue weighted by atomic mass is 10.0. The SMILES string of the molecule is c1ccc2cc(-c3nc(-c4ccc5ccccc5c4)nc(-c4ccc5c(c4)oc4cc(-n6c7ccccc7c7cc8ccccc8cc76)c6ccccc6c45)n3)ccc2c1. The van der Waals surface area contributed by atoms with Crippen LogP contribution in [0.1, 0.15) is 0 Å². The summed E-state index contributed by atoms with van der Waals surface area (Å²) in [4.78, 5) is 15.4. The molecular formula is C55H32N4O. The van der Waals surface area contributed by atoms with Crippen molar-refractivity contribution in [3.8, 4) is 39.9 Å². The Hall–Kier alpha value is -8.15. The van der Waals surface area contributed by atoms with Gasteiger partial charge in [0.1, 0.15) is 11.2 Å². The van der Waals surface area contributed by atoms with Crippen LogP contribution in [0.25, 0.3) is 127 Å². The molecule has 0 aliphatic rings. The first-order valence-electron chi connectivity index (χ1n) is 20.3. The number of hydrogen-bond donors (Lipinski definition) is 0. The molecule has 0 atom stereocenters. The molecule has 0 radical (unpaired) electrons. The van der Waals surface area contributed by atoms with E-state index in [4.69, 9.17) is 19.4 Å². The summed E-state index contributed by atoms with van der Waals surface area (Å²) >= 11 is 0. The van der Waals surface area contributed by atoms with E-state index in [0.717, 1.165) is 76.9 Å². The number of benzene rings is 10. The van der Waals surface area contributed by atoms with E-state index < -0.39 is 0 Å². The molecule has 0 saturated heterocycles. The van der Waals surface area contributed by atoms with Crippen molar-refractivity contribution in [1.82, 2.24) is 19.5 Å². The van der Waals surface area contributed by atoms with Crippen molar-refractivity contribution in [1.29, 1.82) is 0 Å². The molecule has 3 heterocycles. The highest BCUT2D eigenvalue weighted by Crippen LogP contribution is 2.42. The third kappa shape index (κ3) is 5.03. The number of nitrogens with zero attached hydrogens (tertiary/aromatic N) is 4. The molecule has 5 nitrogen and oxygen atoms in total. The van der Waals surface area contributed by atoms with Crippen molar-refractivity contribution in [3.05, 3.63) is 194 Å². The van der Waals surface area contributed by atoms with E-state index in [1.165, 1.54) is 32.3 Å². The molecule has 0 aliphatic heterocycles. The highest BCUT2D eigenvalue weighted by molar-refractivity contribution is 6.22. The molecule has 0 saturated carbocycles. The Balaban J connectivity index is 1.02. The molecule has 13 aromatic rings. The van der Waals surface area contributed by atoms with Crippen molar-refractivity contribution in [3.63, 3.8) is 0 Å². The molecule has 0 unspecified atom stereocenters. The van der Waals surface area contributed by atoms with Gasteiger partial charge in [0.05, 0.1) is 16.7 Å². The van der Waals surface area contributed by atoms with Crippen molar-refractivity contribution in [2.45, 2.75) is 0 Å². The fraction of sp³-hybridized carbons (Fsp3) is 0. The topological polar surface area (TPSA) is 56.7 Å². The molecule has 0 N–H and O–H groups in total. The second kappa shape index (κ2) is 12.7. The van der Waals surface area contributed by atoms with Crippen LogP contribution in [0.5, 0.6) is 0 Å². The third-order valence-electron chi connectivity index (χ3n) is 12.1. The summed E-state index contributed by atoms with van der Waals surface area (Å²) in [6.07, 6.45) is 0. The molecule has 0 amide bonds. The molecule has 0 aliphatic carbocycles. The Morgan fingerprint density at radius 3 is 1.47 bits per heavy atom. The Kier molecular flexibility index (Phi) is 6.95. The lowest BCUT2D eigenvalue weighted by molar-refractivity contribution is 0.669. The van der Waals surface area contributed by atoms with Gasteiger partial charge in [-0.2, -0.15) is 0 Å². The van der Waals surface area contributed by atoms with Crippen LogP contribution in [0.2, 0.25) is 0 Å². The van der Waals surface area contributed by atoms with Gasteiger partial charge < -0.3 is 8.98 Å². The second-order valence-electron chi connectivity index (χ2n) is 15.6. The van der Waals surface area contributed by atoms with Crippen molar-refractivity contribution in [2.24, 2.45) is 0 Å². The van der Waals surface area contributed by atoms with Crippen LogP contribution in [0.4, 0.5) is 0 Å². The lowest BCUT2D eigenvalue weighted by Gasteiger charge is -2.13. The predicted octanol–water partition coefficient (Wildman–Crippen LogP) is 14.5. The molecule has 5 heteroatoms. The van der Waals surface area contributed by atoms with E-state index in [0.29, 0.717) is 17.5 Å². The molecule has 60 heavy (non-hydrogen) atoms. The molecule has 0 spiro atoms. The van der Waals surface area contributed by atoms with Crippen molar-refractivity contribution in [2.75, 3.05) is 0 Å². The van der Waals surface area contributed by atoms with Gasteiger partial charge in [-0.1, -0.05) is 146 Å². The molecule has 13 rings (SSSR count). The first-order chi connectivity index (χ1) is 29.7. The molecule has 10 aromatic carbocycles. The average Bonchev–Trinajstić information content (AvgIpc) is 3.84. The largest absolute Gasteiger partial charge is 0.456 e. The van der Waals surface area contributed by atoms with E-state index in [2.05, 4.69) is 199 Å². The van der Waals surface area contributed by atoms with Crippen LogP contribution >= 0.6 is 0 Å². The van der Waals surface area contributed by atoms with E-state index in [1.54, 1.807) is 0 Å². The Morgan fingerprint density at radius 2 is 0.817 bits per heavy atom. The van der Waals surface area contributed by atoms with Crippen LogP contribution in [-0.4, -0.2) is 19.5 Å². The molecule has 278 valence electrons. The van der Waals surface area contributed by atoms with E-state index in [9.17, 15) is 0 Å². The van der Waals surface area contributed by atoms with Crippen molar-refractivity contribution < 1.29 is 4.42 Å². The molecule has 0 bridgehead atoms. The first kappa shape index (κ1) is 32.9. The number of para-hydroxylation sites is 1. The first-order valence-corrected chi connectivity index (χ1v) is 20.3. The van der Waals surface area contributed by atoms with Gasteiger partial charge in [-0.3, -0.25) is 0 Å². The Morgan fingerprint density at radius 1 is 0.317 bits per heavy atom. The number of rotatable bonds is 4. The average molecular weight is 765 g/mol. The van der Waals surface area contributed by atoms with Gasteiger partial charge in [-0.15, -0.1) is 0 Å². The minimum atomic E-state index is 0.585. The number of aromatic nitrogens is 4.